The van der Waals surface area contributed by atoms with Gasteiger partial charge in [0.05, 0.1) is 17.7 Å². The standard InChI is InChI=1S/C44H50ClF2N7O3/c1-29-23-38(55)41-39(29)42(49-28-48-41)52-19-21-54(22-20-52)43(56)35(32-7-9-34(45)10-8-32)27-51-17-15-50(16-18-51)26-30-11-13-53(14-12-30)44(57)40-36(46)24-33(25-37(40)47)31-5-3-2-4-6-31/h2-10,24-25,28-30,35,38,55H,11-23,26-27H2,1H3/t29-,35+,38-/m1/s1. The quantitative estimate of drug-likeness (QED) is 0.214. The van der Waals surface area contributed by atoms with Gasteiger partial charge < -0.3 is 24.7 Å². The molecule has 2 amide bonds. The minimum Gasteiger partial charge on any atom is -0.387 e. The number of benzene rings is 3. The van der Waals surface area contributed by atoms with Gasteiger partial charge in [0, 0.05) is 89.1 Å². The third-order valence-corrected chi connectivity index (χ3v) is 12.7. The molecule has 4 aromatic rings. The van der Waals surface area contributed by atoms with Crippen molar-refractivity contribution in [2.45, 2.75) is 44.1 Å². The highest BCUT2D eigenvalue weighted by Crippen LogP contribution is 2.43. The van der Waals surface area contributed by atoms with Gasteiger partial charge in [-0.15, -0.1) is 0 Å². The second-order valence-electron chi connectivity index (χ2n) is 16.1. The highest BCUT2D eigenvalue weighted by atomic mass is 35.5. The first kappa shape index (κ1) is 39.3. The van der Waals surface area contributed by atoms with Crippen LogP contribution in [0.5, 0.6) is 0 Å². The van der Waals surface area contributed by atoms with Crippen molar-refractivity contribution in [3.63, 3.8) is 0 Å². The Hall–Kier alpha value is -4.49. The van der Waals surface area contributed by atoms with Crippen LogP contribution in [0, 0.1) is 17.6 Å². The van der Waals surface area contributed by atoms with E-state index in [1.54, 1.807) is 29.2 Å². The van der Waals surface area contributed by atoms with Crippen LogP contribution in [0.15, 0.2) is 73.1 Å². The minimum absolute atomic E-state index is 0.115. The van der Waals surface area contributed by atoms with Gasteiger partial charge in [-0.3, -0.25) is 14.5 Å². The molecule has 0 bridgehead atoms. The molecular formula is C44H50ClF2N7O3. The van der Waals surface area contributed by atoms with E-state index in [-0.39, 0.29) is 17.7 Å². The lowest BCUT2D eigenvalue weighted by atomic mass is 9.94. The average molecular weight is 798 g/mol. The summed E-state index contributed by atoms with van der Waals surface area (Å²) in [6.45, 7) is 10.5. The van der Waals surface area contributed by atoms with Crippen molar-refractivity contribution in [1.82, 2.24) is 29.6 Å². The summed E-state index contributed by atoms with van der Waals surface area (Å²) in [5.74, 6) is -1.04. The summed E-state index contributed by atoms with van der Waals surface area (Å²) in [6.07, 6.45) is 3.18. The number of halogens is 3. The number of nitrogens with zero attached hydrogens (tertiary/aromatic N) is 7. The molecule has 3 aliphatic heterocycles. The predicted molar refractivity (Wildman–Crippen MR) is 216 cm³/mol. The average Bonchev–Trinajstić information content (AvgIpc) is 3.53. The smallest absolute Gasteiger partial charge is 0.259 e. The van der Waals surface area contributed by atoms with Crippen LogP contribution in [0.1, 0.15) is 71.3 Å². The van der Waals surface area contributed by atoms with Gasteiger partial charge >= 0.3 is 0 Å². The number of aliphatic hydroxyl groups is 1. The third kappa shape index (κ3) is 8.55. The van der Waals surface area contributed by atoms with Crippen LogP contribution in [-0.4, -0.2) is 125 Å². The molecule has 3 saturated heterocycles. The van der Waals surface area contributed by atoms with Crippen molar-refractivity contribution in [1.29, 1.82) is 0 Å². The van der Waals surface area contributed by atoms with Crippen molar-refractivity contribution in [2.24, 2.45) is 5.92 Å². The molecule has 4 aliphatic rings. The summed E-state index contributed by atoms with van der Waals surface area (Å²) in [4.78, 5) is 47.2. The Kier molecular flexibility index (Phi) is 11.8. The Morgan fingerprint density at radius 1 is 0.807 bits per heavy atom. The molecule has 0 spiro atoms. The third-order valence-electron chi connectivity index (χ3n) is 12.4. The predicted octanol–water partition coefficient (Wildman–Crippen LogP) is 6.22. The van der Waals surface area contributed by atoms with Crippen LogP contribution in [0.4, 0.5) is 14.6 Å². The van der Waals surface area contributed by atoms with Crippen molar-refractivity contribution in [2.75, 3.05) is 83.4 Å². The van der Waals surface area contributed by atoms with Gasteiger partial charge in [0.15, 0.2) is 0 Å². The summed E-state index contributed by atoms with van der Waals surface area (Å²) >= 11 is 6.26. The molecule has 1 aromatic heterocycles. The zero-order chi connectivity index (χ0) is 39.6. The summed E-state index contributed by atoms with van der Waals surface area (Å²) in [5, 5.41) is 11.1. The Morgan fingerprint density at radius 2 is 1.46 bits per heavy atom. The number of hydrogen-bond donors (Lipinski definition) is 1. The van der Waals surface area contributed by atoms with E-state index < -0.39 is 29.2 Å². The second-order valence-corrected chi connectivity index (χ2v) is 16.5. The molecule has 3 aromatic carbocycles. The summed E-state index contributed by atoms with van der Waals surface area (Å²) in [5.41, 5.74) is 3.32. The van der Waals surface area contributed by atoms with Crippen molar-refractivity contribution in [3.05, 3.63) is 112 Å². The summed E-state index contributed by atoms with van der Waals surface area (Å²) in [7, 11) is 0. The Balaban J connectivity index is 0.834. The number of aromatic nitrogens is 2. The monoisotopic (exact) mass is 797 g/mol. The number of likely N-dealkylation sites (tertiary alicyclic amines) is 1. The topological polar surface area (TPSA) is 96.3 Å². The lowest BCUT2D eigenvalue weighted by molar-refractivity contribution is -0.133. The van der Waals surface area contributed by atoms with E-state index >= 15 is 8.78 Å². The van der Waals surface area contributed by atoms with E-state index in [4.69, 9.17) is 11.6 Å². The van der Waals surface area contributed by atoms with Gasteiger partial charge in [-0.1, -0.05) is 61.0 Å². The van der Waals surface area contributed by atoms with Gasteiger partial charge in [0.1, 0.15) is 29.3 Å². The SMILES string of the molecule is C[C@@H]1C[C@@H](O)c2ncnc(N3CCN(C(=O)[C@@H](CN4CCN(CC5CCN(C(=O)c6c(F)cc(-c7ccccc7)cc6F)CC5)CC4)c4ccc(Cl)cc4)CC3)c21. The fourth-order valence-electron chi connectivity index (χ4n) is 9.16. The van der Waals surface area contributed by atoms with Crippen molar-refractivity contribution in [3.8, 4) is 11.1 Å². The molecule has 300 valence electrons. The number of rotatable bonds is 9. The lowest BCUT2D eigenvalue weighted by Crippen LogP contribution is -2.53. The van der Waals surface area contributed by atoms with Crippen LogP contribution in [0.25, 0.3) is 11.1 Å². The maximum Gasteiger partial charge on any atom is 0.259 e. The van der Waals surface area contributed by atoms with E-state index in [9.17, 15) is 14.7 Å². The maximum absolute atomic E-state index is 15.1. The molecule has 3 atom stereocenters. The van der Waals surface area contributed by atoms with Crippen molar-refractivity contribution < 1.29 is 23.5 Å². The number of piperidine rings is 1. The molecule has 1 N–H and O–H groups in total. The fraction of sp³-hybridized carbons (Fsp3) is 0.455. The van der Waals surface area contributed by atoms with Gasteiger partial charge in [-0.25, -0.2) is 18.7 Å². The lowest BCUT2D eigenvalue weighted by Gasteiger charge is -2.41. The van der Waals surface area contributed by atoms with Gasteiger partial charge in [0.25, 0.3) is 5.91 Å². The van der Waals surface area contributed by atoms with E-state index in [0.29, 0.717) is 74.3 Å². The number of piperazine rings is 2. The normalized spacial score (nSPS) is 21.5. The first-order chi connectivity index (χ1) is 27.6. The van der Waals surface area contributed by atoms with Gasteiger partial charge in [-0.05, 0) is 72.1 Å². The van der Waals surface area contributed by atoms with Crippen molar-refractivity contribution >= 4 is 29.2 Å². The van der Waals surface area contributed by atoms with Crippen LogP contribution < -0.4 is 4.90 Å². The number of hydrogen-bond acceptors (Lipinski definition) is 8. The number of fused-ring (bicyclic) bond motifs is 1. The first-order valence-corrected chi connectivity index (χ1v) is 20.6. The Morgan fingerprint density at radius 3 is 2.12 bits per heavy atom. The molecule has 0 radical (unpaired) electrons. The number of carbonyl (C=O) groups is 2. The summed E-state index contributed by atoms with van der Waals surface area (Å²) < 4.78 is 30.3. The van der Waals surface area contributed by atoms with Crippen LogP contribution in [-0.2, 0) is 4.79 Å². The van der Waals surface area contributed by atoms with E-state index in [2.05, 4.69) is 31.6 Å². The molecule has 57 heavy (non-hydrogen) atoms. The zero-order valence-electron chi connectivity index (χ0n) is 32.4. The van der Waals surface area contributed by atoms with E-state index in [0.717, 1.165) is 68.2 Å². The van der Waals surface area contributed by atoms with E-state index in [1.807, 2.05) is 35.2 Å². The molecule has 3 fully saturated rings. The minimum atomic E-state index is -0.834. The number of amides is 2. The molecule has 4 heterocycles. The molecule has 0 saturated carbocycles. The molecule has 13 heteroatoms. The molecule has 8 rings (SSSR count). The Bertz CT molecular complexity index is 2030. The van der Waals surface area contributed by atoms with Gasteiger partial charge in [-0.2, -0.15) is 0 Å². The summed E-state index contributed by atoms with van der Waals surface area (Å²) in [6, 6.07) is 19.1. The highest BCUT2D eigenvalue weighted by Gasteiger charge is 2.36. The molecule has 0 unspecified atom stereocenters. The van der Waals surface area contributed by atoms with Crippen LogP contribution >= 0.6 is 11.6 Å². The number of carbonyl (C=O) groups excluding carboxylic acids is 2. The highest BCUT2D eigenvalue weighted by molar-refractivity contribution is 6.30. The molecular weight excluding hydrogens is 748 g/mol. The van der Waals surface area contributed by atoms with E-state index in [1.165, 1.54) is 18.5 Å². The zero-order valence-corrected chi connectivity index (χ0v) is 33.1. The largest absolute Gasteiger partial charge is 0.387 e. The Labute approximate surface area is 338 Å². The maximum atomic E-state index is 15.1. The number of anilines is 1. The first-order valence-electron chi connectivity index (χ1n) is 20.2. The van der Waals surface area contributed by atoms with Crippen LogP contribution in [0.2, 0.25) is 5.02 Å². The molecule has 10 nitrogen and oxygen atoms in total. The number of aliphatic hydroxyl groups excluding tert-OH is 1. The fourth-order valence-corrected chi connectivity index (χ4v) is 9.29. The van der Waals surface area contributed by atoms with Gasteiger partial charge in [0.2, 0.25) is 5.91 Å². The second kappa shape index (κ2) is 17.2. The van der Waals surface area contributed by atoms with Crippen LogP contribution in [0.3, 0.4) is 0 Å². The molecule has 1 aliphatic carbocycles.